The Hall–Kier alpha value is -3.65. The first-order valence-electron chi connectivity index (χ1n) is 14.9. The van der Waals surface area contributed by atoms with Gasteiger partial charge in [0.15, 0.2) is 11.6 Å². The first kappa shape index (κ1) is 31.8. The fourth-order valence-electron chi connectivity index (χ4n) is 5.92. The highest BCUT2D eigenvalue weighted by Crippen LogP contribution is 2.41. The fraction of sp³-hybridized carbons (Fsp3) is 0.333. The third kappa shape index (κ3) is 7.17. The number of aryl methyl sites for hydroxylation is 1. The van der Waals surface area contributed by atoms with E-state index in [1.807, 2.05) is 0 Å². The maximum absolute atomic E-state index is 15.2. The number of benzene rings is 4. The second kappa shape index (κ2) is 13.6. The third-order valence-electron chi connectivity index (χ3n) is 8.38. The molecule has 1 fully saturated rings. The fourth-order valence-corrected chi connectivity index (χ4v) is 5.92. The van der Waals surface area contributed by atoms with E-state index in [9.17, 15) is 26.3 Å². The van der Waals surface area contributed by atoms with Gasteiger partial charge in [0.05, 0.1) is 11.7 Å². The number of rotatable bonds is 10. The number of hydrogen-bond acceptors (Lipinski definition) is 1. The van der Waals surface area contributed by atoms with Gasteiger partial charge in [0, 0.05) is 11.1 Å². The molecule has 0 radical (unpaired) electrons. The summed E-state index contributed by atoms with van der Waals surface area (Å²) in [7, 11) is 0. The lowest BCUT2D eigenvalue weighted by Gasteiger charge is -2.31. The second-order valence-corrected chi connectivity index (χ2v) is 11.4. The Kier molecular flexibility index (Phi) is 9.78. The van der Waals surface area contributed by atoms with Crippen molar-refractivity contribution >= 4 is 0 Å². The van der Waals surface area contributed by atoms with Crippen molar-refractivity contribution in [2.75, 3.05) is 0 Å². The largest absolute Gasteiger partial charge is 0.386 e. The molecule has 1 nitrogen and oxygen atoms in total. The summed E-state index contributed by atoms with van der Waals surface area (Å²) >= 11 is 0. The first-order chi connectivity index (χ1) is 21.1. The average Bonchev–Trinajstić information content (AvgIpc) is 2.99. The van der Waals surface area contributed by atoms with Crippen molar-refractivity contribution in [3.63, 3.8) is 0 Å². The van der Waals surface area contributed by atoms with E-state index in [1.165, 1.54) is 30.3 Å². The van der Waals surface area contributed by atoms with Crippen LogP contribution in [0, 0.1) is 29.1 Å². The van der Waals surface area contributed by atoms with Gasteiger partial charge in [-0.3, -0.25) is 0 Å². The van der Waals surface area contributed by atoms with E-state index in [-0.39, 0.29) is 28.2 Å². The van der Waals surface area contributed by atoms with E-state index in [4.69, 9.17) is 4.74 Å². The van der Waals surface area contributed by atoms with Crippen LogP contribution in [0.25, 0.3) is 22.3 Å². The van der Waals surface area contributed by atoms with Crippen molar-refractivity contribution in [1.29, 1.82) is 0 Å². The van der Waals surface area contributed by atoms with Gasteiger partial charge in [-0.2, -0.15) is 8.78 Å². The molecule has 0 amide bonds. The molecule has 0 heterocycles. The molecular weight excluding hydrogens is 581 g/mol. The summed E-state index contributed by atoms with van der Waals surface area (Å²) in [5.74, 6) is -4.48. The maximum atomic E-state index is 15.2. The molecule has 1 saturated carbocycles. The van der Waals surface area contributed by atoms with E-state index >= 15 is 4.39 Å². The Labute approximate surface area is 252 Å². The standard InChI is InChI=1S/C36H33F7O/c1-2-3-4-5-22-6-16-30(34(40)18-22)36(42,43)44-27-12-7-23(8-13-27)24-9-14-28(32(38)19-24)25-10-15-29(33(39)20-25)26-11-17-31(37)35(41)21-26/h6,9-11,14-21,23,27H,2-5,7-8,12-13H2,1H3. The van der Waals surface area contributed by atoms with Crippen LogP contribution in [0.2, 0.25) is 0 Å². The molecule has 0 atom stereocenters. The number of hydrogen-bond donors (Lipinski definition) is 0. The van der Waals surface area contributed by atoms with E-state index in [1.54, 1.807) is 12.1 Å². The molecule has 0 N–H and O–H groups in total. The van der Waals surface area contributed by atoms with Crippen molar-refractivity contribution in [2.45, 2.75) is 76.4 Å². The summed E-state index contributed by atoms with van der Waals surface area (Å²) in [5, 5.41) is 0. The van der Waals surface area contributed by atoms with Crippen LogP contribution in [0.15, 0.2) is 72.8 Å². The van der Waals surface area contributed by atoms with Crippen LogP contribution < -0.4 is 0 Å². The van der Waals surface area contributed by atoms with Gasteiger partial charge in [-0.05, 0) is 103 Å². The molecule has 44 heavy (non-hydrogen) atoms. The monoisotopic (exact) mass is 614 g/mol. The van der Waals surface area contributed by atoms with Crippen molar-refractivity contribution < 1.29 is 35.5 Å². The maximum Gasteiger partial charge on any atom is 0.386 e. The summed E-state index contributed by atoms with van der Waals surface area (Å²) < 4.78 is 107. The molecule has 0 aromatic heterocycles. The Morgan fingerprint density at radius 1 is 0.636 bits per heavy atom. The molecule has 232 valence electrons. The smallest absolute Gasteiger partial charge is 0.313 e. The number of unbranched alkanes of at least 4 members (excludes halogenated alkanes) is 2. The van der Waals surface area contributed by atoms with Gasteiger partial charge in [-0.25, -0.2) is 22.0 Å². The zero-order valence-electron chi connectivity index (χ0n) is 24.3. The number of halogens is 7. The molecule has 5 rings (SSSR count). The van der Waals surface area contributed by atoms with Crippen LogP contribution in [0.5, 0.6) is 0 Å². The Bertz CT molecular complexity index is 1610. The lowest BCUT2D eigenvalue weighted by molar-refractivity contribution is -0.278. The van der Waals surface area contributed by atoms with Gasteiger partial charge in [0.2, 0.25) is 0 Å². The van der Waals surface area contributed by atoms with E-state index in [0.29, 0.717) is 43.2 Å². The molecule has 0 aliphatic heterocycles. The quantitative estimate of drug-likeness (QED) is 0.128. The lowest BCUT2D eigenvalue weighted by Crippen LogP contribution is -2.30. The van der Waals surface area contributed by atoms with Gasteiger partial charge < -0.3 is 4.74 Å². The minimum absolute atomic E-state index is 0.0522. The van der Waals surface area contributed by atoms with Crippen LogP contribution in [0.4, 0.5) is 30.7 Å². The highest BCUT2D eigenvalue weighted by molar-refractivity contribution is 5.71. The zero-order chi connectivity index (χ0) is 31.4. The van der Waals surface area contributed by atoms with Crippen molar-refractivity contribution in [2.24, 2.45) is 0 Å². The summed E-state index contributed by atoms with van der Waals surface area (Å²) in [5.41, 5.74) is 1.25. The van der Waals surface area contributed by atoms with E-state index in [2.05, 4.69) is 6.92 Å². The lowest BCUT2D eigenvalue weighted by atomic mass is 9.82. The van der Waals surface area contributed by atoms with Gasteiger partial charge in [-0.15, -0.1) is 0 Å². The molecule has 4 aromatic rings. The predicted molar refractivity (Wildman–Crippen MR) is 157 cm³/mol. The summed E-state index contributed by atoms with van der Waals surface area (Å²) in [6, 6.07) is 15.5. The molecule has 8 heteroatoms. The van der Waals surface area contributed by atoms with Crippen LogP contribution in [-0.2, 0) is 17.3 Å². The highest BCUT2D eigenvalue weighted by atomic mass is 19.3. The molecule has 0 unspecified atom stereocenters. The van der Waals surface area contributed by atoms with E-state index < -0.39 is 46.9 Å². The zero-order valence-corrected chi connectivity index (χ0v) is 24.3. The van der Waals surface area contributed by atoms with Crippen molar-refractivity contribution in [3.05, 3.63) is 119 Å². The molecule has 0 bridgehead atoms. The van der Waals surface area contributed by atoms with E-state index in [0.717, 1.165) is 49.6 Å². The SMILES string of the molecule is CCCCCc1ccc(C(F)(F)OC2CCC(c3ccc(-c4ccc(-c5ccc(F)c(F)c5)c(F)c4)c(F)c3)CC2)c(F)c1. The molecule has 4 aromatic carbocycles. The van der Waals surface area contributed by atoms with Gasteiger partial charge >= 0.3 is 6.11 Å². The van der Waals surface area contributed by atoms with Crippen molar-refractivity contribution in [1.82, 2.24) is 0 Å². The van der Waals surface area contributed by atoms with Gasteiger partial charge in [0.1, 0.15) is 17.5 Å². The molecule has 0 saturated heterocycles. The summed E-state index contributed by atoms with van der Waals surface area (Å²) in [6.45, 7) is 2.05. The van der Waals surface area contributed by atoms with Crippen LogP contribution >= 0.6 is 0 Å². The van der Waals surface area contributed by atoms with Gasteiger partial charge in [0.25, 0.3) is 0 Å². The second-order valence-electron chi connectivity index (χ2n) is 11.4. The van der Waals surface area contributed by atoms with Gasteiger partial charge in [-0.1, -0.05) is 56.2 Å². The minimum atomic E-state index is -3.77. The summed E-state index contributed by atoms with van der Waals surface area (Å²) in [6.07, 6.45) is 0.520. The van der Waals surface area contributed by atoms with Crippen LogP contribution in [0.1, 0.15) is 74.5 Å². The van der Waals surface area contributed by atoms with Crippen molar-refractivity contribution in [3.8, 4) is 22.3 Å². The number of alkyl halides is 2. The van der Waals surface area contributed by atoms with Crippen LogP contribution in [-0.4, -0.2) is 6.10 Å². The molecule has 0 spiro atoms. The first-order valence-corrected chi connectivity index (χ1v) is 14.9. The highest BCUT2D eigenvalue weighted by Gasteiger charge is 2.40. The normalized spacial score (nSPS) is 17.2. The third-order valence-corrected chi connectivity index (χ3v) is 8.38. The van der Waals surface area contributed by atoms with Crippen LogP contribution in [0.3, 0.4) is 0 Å². The molecule has 1 aliphatic carbocycles. The average molecular weight is 615 g/mol. The Morgan fingerprint density at radius 3 is 1.89 bits per heavy atom. The predicted octanol–water partition coefficient (Wildman–Crippen LogP) is 11.2. The molecular formula is C36H33F7O. The summed E-state index contributed by atoms with van der Waals surface area (Å²) in [4.78, 5) is 0. The minimum Gasteiger partial charge on any atom is -0.313 e. The Balaban J connectivity index is 1.21. The number of ether oxygens (including phenoxy) is 1. The topological polar surface area (TPSA) is 9.23 Å². The molecule has 1 aliphatic rings. The Morgan fingerprint density at radius 2 is 1.27 bits per heavy atom.